The van der Waals surface area contributed by atoms with Crippen molar-refractivity contribution in [2.24, 2.45) is 0 Å². The van der Waals surface area contributed by atoms with E-state index in [4.69, 9.17) is 0 Å². The average Bonchev–Trinajstić information content (AvgIpc) is 2.80. The second-order valence-electron chi connectivity index (χ2n) is 3.18. The number of hydrogen-bond donors (Lipinski definition) is 0. The molecule has 1 aromatic heterocycles. The second-order valence-corrected chi connectivity index (χ2v) is 3.18. The standard InChI is InChI=1S/C12H8FNO2/c13-12-3-1-10(2-4-12)11(7-15)5-9-6-14-16-8-9/h1-8H/b11-5+. The average molecular weight is 217 g/mol. The number of carbonyl (C=O) groups excluding carboxylic acids is 1. The van der Waals surface area contributed by atoms with Crippen molar-refractivity contribution in [2.75, 3.05) is 0 Å². The lowest BCUT2D eigenvalue weighted by Gasteiger charge is -1.98. The molecule has 1 aromatic carbocycles. The number of hydrogen-bond acceptors (Lipinski definition) is 3. The van der Waals surface area contributed by atoms with E-state index < -0.39 is 0 Å². The molecular formula is C12H8FNO2. The summed E-state index contributed by atoms with van der Waals surface area (Å²) in [6.45, 7) is 0. The summed E-state index contributed by atoms with van der Waals surface area (Å²) in [5.41, 5.74) is 1.78. The number of allylic oxidation sites excluding steroid dienone is 1. The van der Waals surface area contributed by atoms with Crippen LogP contribution in [0.2, 0.25) is 0 Å². The summed E-state index contributed by atoms with van der Waals surface area (Å²) < 4.78 is 17.3. The minimum atomic E-state index is -0.334. The molecule has 0 unspecified atom stereocenters. The van der Waals surface area contributed by atoms with Crippen LogP contribution in [0.1, 0.15) is 11.1 Å². The first-order valence-corrected chi connectivity index (χ1v) is 4.62. The predicted molar refractivity (Wildman–Crippen MR) is 56.8 cm³/mol. The highest BCUT2D eigenvalue weighted by atomic mass is 19.1. The highest BCUT2D eigenvalue weighted by Crippen LogP contribution is 2.16. The van der Waals surface area contributed by atoms with Crippen LogP contribution in [0, 0.1) is 5.82 Å². The Balaban J connectivity index is 2.36. The van der Waals surface area contributed by atoms with Gasteiger partial charge in [-0.05, 0) is 23.8 Å². The first-order chi connectivity index (χ1) is 7.79. The number of rotatable bonds is 3. The van der Waals surface area contributed by atoms with Crippen LogP contribution < -0.4 is 0 Å². The van der Waals surface area contributed by atoms with E-state index in [0.717, 1.165) is 0 Å². The molecule has 0 spiro atoms. The Kier molecular flexibility index (Phi) is 2.91. The molecular weight excluding hydrogens is 209 g/mol. The second kappa shape index (κ2) is 4.53. The Bertz CT molecular complexity index is 500. The maximum Gasteiger partial charge on any atom is 0.150 e. The lowest BCUT2D eigenvalue weighted by molar-refractivity contribution is -0.103. The minimum absolute atomic E-state index is 0.334. The monoisotopic (exact) mass is 217 g/mol. The van der Waals surface area contributed by atoms with Gasteiger partial charge in [-0.1, -0.05) is 17.3 Å². The van der Waals surface area contributed by atoms with Gasteiger partial charge in [-0.3, -0.25) is 4.79 Å². The van der Waals surface area contributed by atoms with Crippen LogP contribution in [-0.4, -0.2) is 11.4 Å². The molecule has 0 saturated heterocycles. The van der Waals surface area contributed by atoms with Gasteiger partial charge in [-0.15, -0.1) is 0 Å². The molecule has 0 atom stereocenters. The van der Waals surface area contributed by atoms with E-state index in [-0.39, 0.29) is 5.82 Å². The van der Waals surface area contributed by atoms with Crippen LogP contribution in [0.3, 0.4) is 0 Å². The third-order valence-corrected chi connectivity index (χ3v) is 2.08. The highest BCUT2D eigenvalue weighted by Gasteiger charge is 2.01. The van der Waals surface area contributed by atoms with E-state index in [1.54, 1.807) is 18.2 Å². The number of nitrogens with zero attached hydrogens (tertiary/aromatic N) is 1. The number of halogens is 1. The maximum atomic E-state index is 12.7. The third-order valence-electron chi connectivity index (χ3n) is 2.08. The predicted octanol–water partition coefficient (Wildman–Crippen LogP) is 2.55. The quantitative estimate of drug-likeness (QED) is 0.586. The third kappa shape index (κ3) is 2.23. The largest absolute Gasteiger partial charge is 0.364 e. The fourth-order valence-corrected chi connectivity index (χ4v) is 1.29. The zero-order valence-corrected chi connectivity index (χ0v) is 8.26. The first-order valence-electron chi connectivity index (χ1n) is 4.62. The van der Waals surface area contributed by atoms with E-state index in [9.17, 15) is 9.18 Å². The molecule has 80 valence electrons. The number of carbonyl (C=O) groups is 1. The summed E-state index contributed by atoms with van der Waals surface area (Å²) in [6.07, 6.45) is 5.25. The molecule has 0 aliphatic heterocycles. The van der Waals surface area contributed by atoms with Gasteiger partial charge in [0.15, 0.2) is 6.29 Å². The van der Waals surface area contributed by atoms with Crippen LogP contribution >= 0.6 is 0 Å². The van der Waals surface area contributed by atoms with Gasteiger partial charge in [0.25, 0.3) is 0 Å². The minimum Gasteiger partial charge on any atom is -0.364 e. The van der Waals surface area contributed by atoms with Crippen molar-refractivity contribution < 1.29 is 13.7 Å². The molecule has 0 aliphatic carbocycles. The van der Waals surface area contributed by atoms with Crippen molar-refractivity contribution in [3.05, 3.63) is 53.7 Å². The van der Waals surface area contributed by atoms with Crippen molar-refractivity contribution in [3.8, 4) is 0 Å². The number of aldehydes is 1. The highest BCUT2D eigenvalue weighted by molar-refractivity contribution is 6.13. The molecule has 0 N–H and O–H groups in total. The van der Waals surface area contributed by atoms with Crippen molar-refractivity contribution in [1.82, 2.24) is 5.16 Å². The molecule has 0 amide bonds. The fraction of sp³-hybridized carbons (Fsp3) is 0. The van der Waals surface area contributed by atoms with E-state index in [0.29, 0.717) is 23.0 Å². The molecule has 2 aromatic rings. The molecule has 1 heterocycles. The first kappa shape index (κ1) is 10.3. The van der Waals surface area contributed by atoms with Gasteiger partial charge < -0.3 is 4.52 Å². The zero-order chi connectivity index (χ0) is 11.4. The van der Waals surface area contributed by atoms with Gasteiger partial charge >= 0.3 is 0 Å². The maximum absolute atomic E-state index is 12.7. The Morgan fingerprint density at radius 2 is 2.06 bits per heavy atom. The van der Waals surface area contributed by atoms with E-state index in [1.807, 2.05) is 0 Å². The molecule has 4 heteroatoms. The molecule has 0 fully saturated rings. The van der Waals surface area contributed by atoms with E-state index in [1.165, 1.54) is 24.6 Å². The summed E-state index contributed by atoms with van der Waals surface area (Å²) in [7, 11) is 0. The summed E-state index contributed by atoms with van der Waals surface area (Å²) in [5.74, 6) is -0.334. The van der Waals surface area contributed by atoms with Gasteiger partial charge in [0.2, 0.25) is 0 Å². The zero-order valence-electron chi connectivity index (χ0n) is 8.26. The van der Waals surface area contributed by atoms with Crippen molar-refractivity contribution in [3.63, 3.8) is 0 Å². The summed E-state index contributed by atoms with van der Waals surface area (Å²) >= 11 is 0. The van der Waals surface area contributed by atoms with E-state index in [2.05, 4.69) is 9.68 Å². The van der Waals surface area contributed by atoms with Gasteiger partial charge in [-0.2, -0.15) is 0 Å². The van der Waals surface area contributed by atoms with Crippen LogP contribution in [0.5, 0.6) is 0 Å². The molecule has 0 aliphatic rings. The molecule has 0 radical (unpaired) electrons. The van der Waals surface area contributed by atoms with Crippen LogP contribution in [-0.2, 0) is 4.79 Å². The van der Waals surface area contributed by atoms with Crippen molar-refractivity contribution in [2.45, 2.75) is 0 Å². The van der Waals surface area contributed by atoms with Crippen LogP contribution in [0.4, 0.5) is 4.39 Å². The molecule has 0 bridgehead atoms. The topological polar surface area (TPSA) is 43.1 Å². The Morgan fingerprint density at radius 1 is 1.31 bits per heavy atom. The Labute approximate surface area is 91.2 Å². The lowest BCUT2D eigenvalue weighted by atomic mass is 10.1. The number of aromatic nitrogens is 1. The van der Waals surface area contributed by atoms with Gasteiger partial charge in [0, 0.05) is 11.1 Å². The SMILES string of the molecule is O=C/C(=C\c1cnoc1)c1ccc(F)cc1. The van der Waals surface area contributed by atoms with Crippen molar-refractivity contribution >= 4 is 17.9 Å². The summed E-state index contributed by atoms with van der Waals surface area (Å²) in [5, 5.41) is 3.52. The molecule has 0 saturated carbocycles. The van der Waals surface area contributed by atoms with Gasteiger partial charge in [-0.25, -0.2) is 4.39 Å². The van der Waals surface area contributed by atoms with Crippen LogP contribution in [0.25, 0.3) is 11.6 Å². The smallest absolute Gasteiger partial charge is 0.150 e. The van der Waals surface area contributed by atoms with Gasteiger partial charge in [0.05, 0.1) is 6.20 Å². The number of benzene rings is 1. The van der Waals surface area contributed by atoms with Crippen molar-refractivity contribution in [1.29, 1.82) is 0 Å². The van der Waals surface area contributed by atoms with E-state index >= 15 is 0 Å². The molecule has 16 heavy (non-hydrogen) atoms. The molecule has 2 rings (SSSR count). The lowest BCUT2D eigenvalue weighted by Crippen LogP contribution is -1.86. The Morgan fingerprint density at radius 3 is 2.62 bits per heavy atom. The van der Waals surface area contributed by atoms with Crippen LogP contribution in [0.15, 0.2) is 41.2 Å². The fourth-order valence-electron chi connectivity index (χ4n) is 1.29. The normalized spacial score (nSPS) is 11.4. The summed E-state index contributed by atoms with van der Waals surface area (Å²) in [6, 6.07) is 5.70. The Hall–Kier alpha value is -2.23. The molecule has 3 nitrogen and oxygen atoms in total. The summed E-state index contributed by atoms with van der Waals surface area (Å²) in [4.78, 5) is 10.9. The van der Waals surface area contributed by atoms with Gasteiger partial charge in [0.1, 0.15) is 12.1 Å².